The molecular weight excluding hydrogens is 721 g/mol. The lowest BCUT2D eigenvalue weighted by atomic mass is 10.1. The fraction of sp³-hybridized carbons (Fsp3) is 0.400. The van der Waals surface area contributed by atoms with E-state index in [1.54, 1.807) is 49.2 Å². The van der Waals surface area contributed by atoms with E-state index in [0.717, 1.165) is 29.6 Å². The molecule has 0 amide bonds. The lowest BCUT2D eigenvalue weighted by molar-refractivity contribution is -0.0245. The van der Waals surface area contributed by atoms with Crippen LogP contribution in [0.5, 0.6) is 0 Å². The largest absolute Gasteiger partial charge is 0.394 e. The third-order valence-electron chi connectivity index (χ3n) is 8.23. The van der Waals surface area contributed by atoms with Gasteiger partial charge in [0.2, 0.25) is 10.0 Å². The molecule has 0 bridgehead atoms. The molecule has 0 spiro atoms. The molecule has 0 radical (unpaired) electrons. The normalized spacial score (nSPS) is 16.1. The van der Waals surface area contributed by atoms with Crippen LogP contribution in [-0.4, -0.2) is 84.4 Å². The third kappa shape index (κ3) is 15.8. The highest BCUT2D eigenvalue weighted by atomic mass is 32.2. The zero-order chi connectivity index (χ0) is 40.7. The third-order valence-corrected chi connectivity index (χ3v) is 8.84. The van der Waals surface area contributed by atoms with Crippen molar-refractivity contribution in [3.05, 3.63) is 111 Å². The molecule has 5 rings (SSSR count). The number of hydrogen-bond acceptors (Lipinski definition) is 11. The summed E-state index contributed by atoms with van der Waals surface area (Å²) in [4.78, 5) is 25.9. The van der Waals surface area contributed by atoms with Crippen LogP contribution in [0.3, 0.4) is 0 Å². The summed E-state index contributed by atoms with van der Waals surface area (Å²) in [6, 6.07) is 21.0. The van der Waals surface area contributed by atoms with Gasteiger partial charge < -0.3 is 30.9 Å². The predicted octanol–water partition coefficient (Wildman–Crippen LogP) is 5.46. The van der Waals surface area contributed by atoms with Gasteiger partial charge in [0.15, 0.2) is 0 Å². The van der Waals surface area contributed by atoms with Gasteiger partial charge in [-0.15, -0.1) is 0 Å². The molecule has 1 saturated heterocycles. The van der Waals surface area contributed by atoms with Crippen molar-refractivity contribution in [3.63, 3.8) is 0 Å². The van der Waals surface area contributed by atoms with Gasteiger partial charge in [-0.1, -0.05) is 61.4 Å². The number of hydrogen-bond donors (Lipinski definition) is 5. The molecule has 15 heteroatoms. The summed E-state index contributed by atoms with van der Waals surface area (Å²) in [7, 11) is -1.33. The van der Waals surface area contributed by atoms with Crippen molar-refractivity contribution in [3.8, 4) is 0 Å². The number of nitrogen functional groups attached to an aromatic ring is 1. The van der Waals surface area contributed by atoms with Crippen LogP contribution < -0.4 is 21.5 Å². The Kier molecular flexibility index (Phi) is 17.2. The molecule has 0 aliphatic carbocycles. The Labute approximate surface area is 324 Å². The van der Waals surface area contributed by atoms with Gasteiger partial charge in [0.25, 0.3) is 0 Å². The Morgan fingerprint density at radius 1 is 0.964 bits per heavy atom. The van der Waals surface area contributed by atoms with Crippen molar-refractivity contribution in [1.29, 1.82) is 0 Å². The van der Waals surface area contributed by atoms with E-state index in [-0.39, 0.29) is 24.8 Å². The minimum absolute atomic E-state index is 0.0202. The number of nitrogens with one attached hydrogen (secondary N) is 2. The van der Waals surface area contributed by atoms with E-state index in [9.17, 15) is 18.3 Å². The molecule has 298 valence electrons. The summed E-state index contributed by atoms with van der Waals surface area (Å²) in [5, 5.41) is 21.9. The molecule has 4 aromatic rings. The number of aliphatic hydroxyl groups is 2. The molecule has 1 aliphatic rings. The highest BCUT2D eigenvalue weighted by Crippen LogP contribution is 2.26. The topological polar surface area (TPSA) is 197 Å². The second kappa shape index (κ2) is 21.2. The summed E-state index contributed by atoms with van der Waals surface area (Å²) in [6.45, 7) is 12.8. The van der Waals surface area contributed by atoms with Gasteiger partial charge in [-0.05, 0) is 87.6 Å². The number of anilines is 2. The van der Waals surface area contributed by atoms with E-state index in [2.05, 4.69) is 77.0 Å². The molecular formula is C40H56N8O6S. The van der Waals surface area contributed by atoms with Crippen molar-refractivity contribution in [1.82, 2.24) is 19.8 Å². The maximum atomic E-state index is 11.5. The van der Waals surface area contributed by atoms with Gasteiger partial charge >= 0.3 is 5.69 Å². The summed E-state index contributed by atoms with van der Waals surface area (Å²) < 4.78 is 31.3. The Hall–Kier alpha value is -4.93. The van der Waals surface area contributed by atoms with Crippen molar-refractivity contribution in [2.75, 3.05) is 36.9 Å². The van der Waals surface area contributed by atoms with E-state index < -0.39 is 21.8 Å². The Bertz CT molecular complexity index is 1990. The average molecular weight is 777 g/mol. The Morgan fingerprint density at radius 3 is 1.98 bits per heavy atom. The lowest BCUT2D eigenvalue weighted by Gasteiger charge is -2.14. The van der Waals surface area contributed by atoms with Crippen molar-refractivity contribution in [2.24, 2.45) is 9.98 Å². The summed E-state index contributed by atoms with van der Waals surface area (Å²) in [5.74, 6) is 0.202. The van der Waals surface area contributed by atoms with Crippen molar-refractivity contribution >= 4 is 45.6 Å². The van der Waals surface area contributed by atoms with Crippen LogP contribution in [0.15, 0.2) is 87.7 Å². The van der Waals surface area contributed by atoms with Gasteiger partial charge in [-0.2, -0.15) is 4.98 Å². The quantitative estimate of drug-likeness (QED) is 0.0911. The number of ether oxygens (including phenoxy) is 1. The lowest BCUT2D eigenvalue weighted by Crippen LogP contribution is -2.27. The van der Waals surface area contributed by atoms with Gasteiger partial charge in [0, 0.05) is 31.5 Å². The molecule has 2 heterocycles. The monoisotopic (exact) mass is 776 g/mol. The molecule has 3 aromatic carbocycles. The molecule has 0 saturated carbocycles. The fourth-order valence-electron chi connectivity index (χ4n) is 5.36. The summed E-state index contributed by atoms with van der Waals surface area (Å²) >= 11 is 0. The number of aliphatic hydroxyl groups excluding tert-OH is 2. The van der Waals surface area contributed by atoms with Crippen LogP contribution in [0.2, 0.25) is 0 Å². The van der Waals surface area contributed by atoms with Crippen LogP contribution in [-0.2, 0) is 14.8 Å². The number of aliphatic imine (C=N–C) groups is 2. The molecule has 3 atom stereocenters. The SMILES string of the molecule is CC(C)NCC(O)c1ccc(NS(C)(=O)=O)cc1.Cc1ccc(N=CN(C)C=Nc2ccc(C)cc2C)c(C)c1.Nc1ccn([C@H]2CC[C@@H](CO)O2)c(=O)n1. The number of nitrogens with two attached hydrogens (primary N) is 1. The van der Waals surface area contributed by atoms with E-state index in [0.29, 0.717) is 24.7 Å². The second-order valence-electron chi connectivity index (χ2n) is 13.8. The first-order chi connectivity index (χ1) is 25.9. The average Bonchev–Trinajstić information content (AvgIpc) is 3.59. The molecule has 1 unspecified atom stereocenters. The predicted molar refractivity (Wildman–Crippen MR) is 222 cm³/mol. The van der Waals surface area contributed by atoms with Crippen LogP contribution in [0.4, 0.5) is 22.9 Å². The number of aryl methyl sites for hydroxylation is 4. The van der Waals surface area contributed by atoms with Gasteiger partial charge in [-0.3, -0.25) is 9.29 Å². The van der Waals surface area contributed by atoms with Crippen LogP contribution >= 0.6 is 0 Å². The van der Waals surface area contributed by atoms with E-state index in [1.165, 1.54) is 26.8 Å². The smallest absolute Gasteiger partial charge is 0.351 e. The van der Waals surface area contributed by atoms with Crippen LogP contribution in [0.25, 0.3) is 0 Å². The molecule has 14 nitrogen and oxygen atoms in total. The Morgan fingerprint density at radius 2 is 1.53 bits per heavy atom. The van der Waals surface area contributed by atoms with Crippen molar-refractivity contribution < 1.29 is 23.4 Å². The minimum Gasteiger partial charge on any atom is -0.394 e. The second-order valence-corrected chi connectivity index (χ2v) is 15.6. The number of aromatic nitrogens is 2. The highest BCUT2D eigenvalue weighted by Gasteiger charge is 2.26. The fourth-order valence-corrected chi connectivity index (χ4v) is 5.92. The number of benzene rings is 3. The summed E-state index contributed by atoms with van der Waals surface area (Å²) in [6.07, 6.45) is 6.57. The van der Waals surface area contributed by atoms with Crippen LogP contribution in [0.1, 0.15) is 66.8 Å². The van der Waals surface area contributed by atoms with Crippen LogP contribution in [0, 0.1) is 27.7 Å². The van der Waals surface area contributed by atoms with Crippen molar-refractivity contribution in [2.45, 2.75) is 78.9 Å². The molecule has 1 fully saturated rings. The zero-order valence-corrected chi connectivity index (χ0v) is 33.8. The molecule has 55 heavy (non-hydrogen) atoms. The van der Waals surface area contributed by atoms with E-state index in [4.69, 9.17) is 15.6 Å². The highest BCUT2D eigenvalue weighted by molar-refractivity contribution is 7.92. The number of rotatable bonds is 12. The maximum absolute atomic E-state index is 11.5. The first kappa shape index (κ1) is 44.5. The molecule has 1 aliphatic heterocycles. The Balaban J connectivity index is 0.000000226. The maximum Gasteiger partial charge on any atom is 0.351 e. The number of nitrogens with zero attached hydrogens (tertiary/aromatic N) is 5. The first-order valence-corrected chi connectivity index (χ1v) is 19.9. The van der Waals surface area contributed by atoms with E-state index >= 15 is 0 Å². The van der Waals surface area contributed by atoms with Gasteiger partial charge in [0.1, 0.15) is 12.0 Å². The molecule has 6 N–H and O–H groups in total. The van der Waals surface area contributed by atoms with Gasteiger partial charge in [-0.25, -0.2) is 23.2 Å². The first-order valence-electron chi connectivity index (χ1n) is 18.0. The minimum atomic E-state index is -3.26. The summed E-state index contributed by atoms with van der Waals surface area (Å²) in [5.41, 5.74) is 13.0. The van der Waals surface area contributed by atoms with Gasteiger partial charge in [0.05, 0.1) is 49.1 Å². The number of sulfonamides is 1. The zero-order valence-electron chi connectivity index (χ0n) is 33.0. The molecule has 1 aromatic heterocycles. The van der Waals surface area contributed by atoms with E-state index in [1.807, 2.05) is 37.9 Å². The standard InChI is InChI=1S/C19H23N3.C12H20N2O3S.C9H13N3O3/c1-14-6-8-18(16(3)10-14)20-12-22(5)13-21-19-9-7-15(2)11-17(19)4;1-9(2)13-8-12(15)10-4-6-11(7-5-10)14-18(3,16)17;10-7-3-4-12(9(14)11-7)8-2-1-6(5-13)15-8/h6-13H,1-5H3;4-7,9,12-15H,8H2,1-3H3;3-4,6,8,13H,1-2,5H2,(H2,10,11,14)/t;;6-,8+/m..0/s1.